The van der Waals surface area contributed by atoms with Crippen LogP contribution < -0.4 is 5.32 Å². The van der Waals surface area contributed by atoms with Crippen LogP contribution >= 0.6 is 0 Å². The van der Waals surface area contributed by atoms with Crippen molar-refractivity contribution in [3.63, 3.8) is 0 Å². The molecule has 156 valence electrons. The fraction of sp³-hybridized carbons (Fsp3) is 0.565. The molecule has 1 aromatic heterocycles. The zero-order chi connectivity index (χ0) is 20.8. The summed E-state index contributed by atoms with van der Waals surface area (Å²) in [5.41, 5.74) is 2.56. The maximum Gasteiger partial charge on any atom is 0.336 e. The number of esters is 1. The largest absolute Gasteiger partial charge is 0.465 e. The summed E-state index contributed by atoms with van der Waals surface area (Å²) in [6.07, 6.45) is 3.03. The van der Waals surface area contributed by atoms with Crippen LogP contribution in [0.25, 0.3) is 0 Å². The lowest BCUT2D eigenvalue weighted by atomic mass is 9.69. The van der Waals surface area contributed by atoms with Gasteiger partial charge in [-0.1, -0.05) is 13.8 Å². The molecule has 4 rings (SSSR count). The van der Waals surface area contributed by atoms with Gasteiger partial charge in [0, 0.05) is 30.0 Å². The molecule has 6 heteroatoms. The topological polar surface area (TPSA) is 77.8 Å². The standard InChI is InChI=1S/C23H29NO5/c1-13-7-8-18(29-13)21-19(22(26)28-12-15-6-5-9-27-15)14(2)24-16-10-23(3,4)11-17(25)20(16)21/h7-8,15,21,24H,5-6,9-12H2,1-4H3/t15-,21+/m1/s1. The van der Waals surface area contributed by atoms with E-state index in [0.29, 0.717) is 35.6 Å². The Labute approximate surface area is 171 Å². The van der Waals surface area contributed by atoms with Crippen LogP contribution in [0.15, 0.2) is 39.1 Å². The molecule has 0 spiro atoms. The van der Waals surface area contributed by atoms with Gasteiger partial charge >= 0.3 is 5.97 Å². The highest BCUT2D eigenvalue weighted by Gasteiger charge is 2.44. The molecule has 6 nitrogen and oxygen atoms in total. The van der Waals surface area contributed by atoms with Crippen LogP contribution in [0.3, 0.4) is 0 Å². The van der Waals surface area contributed by atoms with E-state index in [-0.39, 0.29) is 23.9 Å². The number of hydrogen-bond donors (Lipinski definition) is 1. The average Bonchev–Trinajstić information content (AvgIpc) is 3.28. The second kappa shape index (κ2) is 7.48. The number of Topliss-reactive ketones (excluding diaryl/α,β-unsaturated/α-hetero) is 1. The molecule has 0 bridgehead atoms. The molecular formula is C23H29NO5. The van der Waals surface area contributed by atoms with Gasteiger partial charge in [-0.2, -0.15) is 0 Å². The van der Waals surface area contributed by atoms with E-state index in [4.69, 9.17) is 13.9 Å². The maximum atomic E-state index is 13.1. The molecule has 1 aromatic rings. The minimum absolute atomic E-state index is 0.0485. The Kier molecular flexibility index (Phi) is 5.15. The summed E-state index contributed by atoms with van der Waals surface area (Å²) in [6, 6.07) is 3.71. The van der Waals surface area contributed by atoms with Crippen LogP contribution in [-0.2, 0) is 19.1 Å². The second-order valence-corrected chi connectivity index (χ2v) is 9.11. The van der Waals surface area contributed by atoms with Crippen molar-refractivity contribution < 1.29 is 23.5 Å². The lowest BCUT2D eigenvalue weighted by Gasteiger charge is -2.38. The Morgan fingerprint density at radius 2 is 2.07 bits per heavy atom. The number of rotatable bonds is 4. The van der Waals surface area contributed by atoms with Crippen LogP contribution in [0.4, 0.5) is 0 Å². The Morgan fingerprint density at radius 1 is 1.28 bits per heavy atom. The summed E-state index contributed by atoms with van der Waals surface area (Å²) in [7, 11) is 0. The van der Waals surface area contributed by atoms with Gasteiger partial charge in [-0.05, 0) is 50.7 Å². The number of ether oxygens (including phenoxy) is 2. The number of ketones is 1. The first-order valence-corrected chi connectivity index (χ1v) is 10.3. The van der Waals surface area contributed by atoms with Crippen LogP contribution in [0.5, 0.6) is 0 Å². The van der Waals surface area contributed by atoms with Crippen LogP contribution in [0.2, 0.25) is 0 Å². The van der Waals surface area contributed by atoms with Gasteiger partial charge in [-0.15, -0.1) is 0 Å². The van der Waals surface area contributed by atoms with Crippen molar-refractivity contribution in [3.8, 4) is 0 Å². The van der Waals surface area contributed by atoms with E-state index in [9.17, 15) is 9.59 Å². The first-order chi connectivity index (χ1) is 13.7. The summed E-state index contributed by atoms with van der Waals surface area (Å²) in [4.78, 5) is 26.3. The molecule has 29 heavy (non-hydrogen) atoms. The number of aryl methyl sites for hydroxylation is 1. The average molecular weight is 399 g/mol. The molecule has 0 amide bonds. The van der Waals surface area contributed by atoms with E-state index in [1.54, 1.807) is 0 Å². The third-order valence-corrected chi connectivity index (χ3v) is 5.93. The maximum absolute atomic E-state index is 13.1. The highest BCUT2D eigenvalue weighted by Crippen LogP contribution is 2.47. The minimum atomic E-state index is -0.541. The van der Waals surface area contributed by atoms with Gasteiger partial charge in [0.2, 0.25) is 0 Å². The highest BCUT2D eigenvalue weighted by molar-refractivity contribution is 6.04. The molecule has 3 aliphatic rings. The summed E-state index contributed by atoms with van der Waals surface area (Å²) in [6.45, 7) is 8.84. The summed E-state index contributed by atoms with van der Waals surface area (Å²) >= 11 is 0. The summed E-state index contributed by atoms with van der Waals surface area (Å²) in [5.74, 6) is 0.441. The molecule has 0 radical (unpaired) electrons. The first-order valence-electron chi connectivity index (χ1n) is 10.3. The predicted molar refractivity (Wildman–Crippen MR) is 107 cm³/mol. The Morgan fingerprint density at radius 3 is 2.72 bits per heavy atom. The Bertz CT molecular complexity index is 898. The molecule has 1 aliphatic carbocycles. The van der Waals surface area contributed by atoms with E-state index in [1.165, 1.54) is 0 Å². The summed E-state index contributed by atoms with van der Waals surface area (Å²) in [5, 5.41) is 3.33. The van der Waals surface area contributed by atoms with Gasteiger partial charge < -0.3 is 19.2 Å². The van der Waals surface area contributed by atoms with Crippen molar-refractivity contribution in [1.82, 2.24) is 5.32 Å². The van der Waals surface area contributed by atoms with E-state index in [0.717, 1.165) is 30.7 Å². The number of allylic oxidation sites excluding steroid dienone is 3. The predicted octanol–water partition coefficient (Wildman–Crippen LogP) is 3.91. The number of carbonyl (C=O) groups excluding carboxylic acids is 2. The third-order valence-electron chi connectivity index (χ3n) is 5.93. The Hall–Kier alpha value is -2.34. The van der Waals surface area contributed by atoms with Crippen LogP contribution in [-0.4, -0.2) is 31.1 Å². The molecule has 0 aromatic carbocycles. The zero-order valence-corrected chi connectivity index (χ0v) is 17.6. The van der Waals surface area contributed by atoms with Gasteiger partial charge in [0.1, 0.15) is 18.1 Å². The van der Waals surface area contributed by atoms with Crippen molar-refractivity contribution in [1.29, 1.82) is 0 Å². The SMILES string of the molecule is CC1=C(C(=O)OC[C@H]2CCCO2)[C@H](c2ccc(C)o2)C2=C(CC(C)(C)CC2=O)N1. The number of dihydropyridines is 1. The summed E-state index contributed by atoms with van der Waals surface area (Å²) < 4.78 is 17.1. The van der Waals surface area contributed by atoms with Crippen molar-refractivity contribution in [2.45, 2.75) is 65.4 Å². The second-order valence-electron chi connectivity index (χ2n) is 9.11. The lowest BCUT2D eigenvalue weighted by molar-refractivity contribution is -0.142. The van der Waals surface area contributed by atoms with Crippen molar-refractivity contribution in [2.75, 3.05) is 13.2 Å². The molecule has 1 saturated heterocycles. The molecule has 0 unspecified atom stereocenters. The highest BCUT2D eigenvalue weighted by atomic mass is 16.6. The monoisotopic (exact) mass is 399 g/mol. The lowest BCUT2D eigenvalue weighted by Crippen LogP contribution is -2.38. The number of furan rings is 1. The first kappa shape index (κ1) is 20.0. The third kappa shape index (κ3) is 3.90. The van der Waals surface area contributed by atoms with Gasteiger partial charge in [-0.25, -0.2) is 4.79 Å². The fourth-order valence-corrected chi connectivity index (χ4v) is 4.62. The van der Waals surface area contributed by atoms with E-state index >= 15 is 0 Å². The van der Waals surface area contributed by atoms with Crippen LogP contribution in [0, 0.1) is 12.3 Å². The molecule has 1 N–H and O–H groups in total. The number of carbonyl (C=O) groups is 2. The van der Waals surface area contributed by atoms with Gasteiger partial charge in [-0.3, -0.25) is 4.79 Å². The van der Waals surface area contributed by atoms with Crippen molar-refractivity contribution in [3.05, 3.63) is 46.2 Å². The Balaban J connectivity index is 1.69. The molecule has 2 aliphatic heterocycles. The molecular weight excluding hydrogens is 370 g/mol. The van der Waals surface area contributed by atoms with Gasteiger partial charge in [0.25, 0.3) is 0 Å². The number of hydrogen-bond acceptors (Lipinski definition) is 6. The zero-order valence-electron chi connectivity index (χ0n) is 17.6. The molecule has 3 heterocycles. The van der Waals surface area contributed by atoms with Gasteiger partial charge in [0.05, 0.1) is 17.6 Å². The van der Waals surface area contributed by atoms with E-state index < -0.39 is 11.9 Å². The van der Waals surface area contributed by atoms with Gasteiger partial charge in [0.15, 0.2) is 5.78 Å². The quantitative estimate of drug-likeness (QED) is 0.774. The fourth-order valence-electron chi connectivity index (χ4n) is 4.62. The minimum Gasteiger partial charge on any atom is -0.465 e. The molecule has 1 fully saturated rings. The van der Waals surface area contributed by atoms with Crippen LogP contribution in [0.1, 0.15) is 63.9 Å². The van der Waals surface area contributed by atoms with Crippen molar-refractivity contribution in [2.24, 2.45) is 5.41 Å². The number of nitrogens with one attached hydrogen (secondary N) is 1. The van der Waals surface area contributed by atoms with E-state index in [1.807, 2.05) is 26.0 Å². The molecule has 0 saturated carbocycles. The van der Waals surface area contributed by atoms with Crippen molar-refractivity contribution >= 4 is 11.8 Å². The molecule has 2 atom stereocenters. The van der Waals surface area contributed by atoms with E-state index in [2.05, 4.69) is 19.2 Å². The normalized spacial score (nSPS) is 26.4. The smallest absolute Gasteiger partial charge is 0.336 e.